The van der Waals surface area contributed by atoms with Gasteiger partial charge >= 0.3 is 0 Å². The molecular weight excluding hydrogens is 318 g/mol. The molecule has 124 valence electrons. The SMILES string of the molecule is C=CCNC(=S)N[NH+]=Cc1ccccc1OCc1ccccc1C. The lowest BCUT2D eigenvalue weighted by Gasteiger charge is -2.09. The number of aryl methyl sites for hydroxylation is 1. The van der Waals surface area contributed by atoms with E-state index < -0.39 is 0 Å². The van der Waals surface area contributed by atoms with Crippen molar-refractivity contribution in [3.8, 4) is 5.75 Å². The fraction of sp³-hybridized carbons (Fsp3) is 0.158. The lowest BCUT2D eigenvalue weighted by atomic mass is 10.1. The zero-order valence-corrected chi connectivity index (χ0v) is 14.5. The van der Waals surface area contributed by atoms with Gasteiger partial charge in [-0.3, -0.25) is 0 Å². The number of thiocarbonyl (C=S) groups is 1. The third kappa shape index (κ3) is 5.52. The summed E-state index contributed by atoms with van der Waals surface area (Å²) in [6.45, 7) is 6.86. The van der Waals surface area contributed by atoms with Crippen molar-refractivity contribution in [3.63, 3.8) is 0 Å². The molecule has 0 heterocycles. The molecule has 24 heavy (non-hydrogen) atoms. The van der Waals surface area contributed by atoms with Crippen molar-refractivity contribution in [1.82, 2.24) is 10.7 Å². The predicted molar refractivity (Wildman–Crippen MR) is 102 cm³/mol. The summed E-state index contributed by atoms with van der Waals surface area (Å²) in [7, 11) is 0. The van der Waals surface area contributed by atoms with Gasteiger partial charge < -0.3 is 10.1 Å². The number of hydrazone groups is 1. The molecule has 0 amide bonds. The second kappa shape index (κ2) is 9.47. The van der Waals surface area contributed by atoms with Gasteiger partial charge in [-0.2, -0.15) is 0 Å². The number of para-hydroxylation sites is 1. The van der Waals surface area contributed by atoms with Crippen molar-refractivity contribution in [2.24, 2.45) is 0 Å². The number of nitrogens with one attached hydrogen (secondary N) is 3. The predicted octanol–water partition coefficient (Wildman–Crippen LogP) is 1.64. The molecule has 0 fully saturated rings. The standard InChI is InChI=1S/C19H21N3OS/c1-3-12-20-19(24)22-21-13-16-9-6-7-11-18(16)23-14-17-10-5-4-8-15(17)2/h3-11,13H,1,12,14H2,2H3,(H2,20,22,24)/p+1. The molecule has 0 spiro atoms. The molecule has 0 aromatic heterocycles. The van der Waals surface area contributed by atoms with Crippen LogP contribution in [-0.2, 0) is 6.61 Å². The van der Waals surface area contributed by atoms with Gasteiger partial charge in [-0.25, -0.2) is 0 Å². The Morgan fingerprint density at radius 1 is 1.21 bits per heavy atom. The summed E-state index contributed by atoms with van der Waals surface area (Å²) in [5.74, 6) is 0.806. The first kappa shape index (κ1) is 17.7. The van der Waals surface area contributed by atoms with Gasteiger partial charge in [0.1, 0.15) is 12.4 Å². The molecule has 2 aromatic carbocycles. The highest BCUT2D eigenvalue weighted by Crippen LogP contribution is 2.18. The average molecular weight is 340 g/mol. The Morgan fingerprint density at radius 3 is 2.75 bits per heavy atom. The van der Waals surface area contributed by atoms with Gasteiger partial charge in [0.25, 0.3) is 0 Å². The van der Waals surface area contributed by atoms with E-state index in [1.54, 1.807) is 6.08 Å². The summed E-state index contributed by atoms with van der Waals surface area (Å²) in [5.41, 5.74) is 6.22. The van der Waals surface area contributed by atoms with Crippen molar-refractivity contribution in [2.75, 3.05) is 6.54 Å². The summed E-state index contributed by atoms with van der Waals surface area (Å²) in [6.07, 6.45) is 3.56. The molecule has 0 aliphatic rings. The van der Waals surface area contributed by atoms with Crippen LogP contribution in [0.25, 0.3) is 0 Å². The van der Waals surface area contributed by atoms with Gasteiger partial charge in [0.15, 0.2) is 0 Å². The lowest BCUT2D eigenvalue weighted by molar-refractivity contribution is -0.500. The number of hydrazine groups is 1. The topological polar surface area (TPSA) is 47.3 Å². The molecule has 0 aliphatic carbocycles. The summed E-state index contributed by atoms with van der Waals surface area (Å²) >= 11 is 5.11. The highest BCUT2D eigenvalue weighted by Gasteiger charge is 2.05. The van der Waals surface area contributed by atoms with Crippen molar-refractivity contribution < 1.29 is 9.84 Å². The fourth-order valence-electron chi connectivity index (χ4n) is 2.05. The molecule has 2 aromatic rings. The Morgan fingerprint density at radius 2 is 1.96 bits per heavy atom. The van der Waals surface area contributed by atoms with E-state index in [1.165, 1.54) is 11.1 Å². The van der Waals surface area contributed by atoms with Gasteiger partial charge in [-0.05, 0) is 42.4 Å². The Labute approximate surface area is 148 Å². The number of rotatable bonds is 7. The number of ether oxygens (including phenoxy) is 1. The van der Waals surface area contributed by atoms with E-state index in [-0.39, 0.29) is 0 Å². The van der Waals surface area contributed by atoms with Crippen molar-refractivity contribution >= 4 is 23.5 Å². The van der Waals surface area contributed by atoms with E-state index in [2.05, 4.69) is 41.5 Å². The van der Waals surface area contributed by atoms with Crippen molar-refractivity contribution in [2.45, 2.75) is 13.5 Å². The third-order valence-electron chi connectivity index (χ3n) is 3.38. The molecule has 0 unspecified atom stereocenters. The highest BCUT2D eigenvalue weighted by atomic mass is 32.1. The van der Waals surface area contributed by atoms with Gasteiger partial charge in [-0.1, -0.05) is 42.5 Å². The molecule has 5 heteroatoms. The van der Waals surface area contributed by atoms with Gasteiger partial charge in [-0.15, -0.1) is 17.1 Å². The summed E-state index contributed by atoms with van der Waals surface area (Å²) < 4.78 is 5.97. The zero-order chi connectivity index (χ0) is 17.2. The second-order valence-electron chi connectivity index (χ2n) is 5.17. The molecule has 0 saturated heterocycles. The van der Waals surface area contributed by atoms with Gasteiger partial charge in [0, 0.05) is 6.54 Å². The summed E-state index contributed by atoms with van der Waals surface area (Å²) in [4.78, 5) is 0. The maximum Gasteiger partial charge on any atom is 0.224 e. The lowest BCUT2D eigenvalue weighted by Crippen LogP contribution is -2.82. The maximum atomic E-state index is 5.97. The van der Waals surface area contributed by atoms with Crippen LogP contribution in [-0.4, -0.2) is 17.9 Å². The molecule has 2 rings (SSSR count). The monoisotopic (exact) mass is 340 g/mol. The van der Waals surface area contributed by atoms with Crippen LogP contribution in [0.2, 0.25) is 0 Å². The molecule has 0 saturated carbocycles. The van der Waals surface area contributed by atoms with Crippen LogP contribution < -0.4 is 20.6 Å². The normalized spacial score (nSPS) is 10.4. The first-order valence-corrected chi connectivity index (χ1v) is 8.11. The largest absolute Gasteiger partial charge is 0.488 e. The molecule has 0 bridgehead atoms. The minimum Gasteiger partial charge on any atom is -0.488 e. The van der Waals surface area contributed by atoms with Crippen molar-refractivity contribution in [3.05, 3.63) is 77.9 Å². The van der Waals surface area contributed by atoms with Crippen LogP contribution in [0.1, 0.15) is 16.7 Å². The van der Waals surface area contributed by atoms with Crippen LogP contribution in [0.15, 0.2) is 61.2 Å². The van der Waals surface area contributed by atoms with E-state index in [0.717, 1.165) is 11.3 Å². The number of hydrogen-bond donors (Lipinski definition) is 3. The molecule has 0 atom stereocenters. The van der Waals surface area contributed by atoms with E-state index in [4.69, 9.17) is 17.0 Å². The van der Waals surface area contributed by atoms with Crippen LogP contribution in [0.5, 0.6) is 5.75 Å². The molecule has 3 N–H and O–H groups in total. The van der Waals surface area contributed by atoms with Crippen molar-refractivity contribution in [1.29, 1.82) is 0 Å². The number of benzene rings is 2. The minimum absolute atomic E-state index is 0.504. The average Bonchev–Trinajstić information content (AvgIpc) is 2.60. The Kier molecular flexibility index (Phi) is 6.98. The summed E-state index contributed by atoms with van der Waals surface area (Å²) in [5, 5.41) is 6.45. The van der Waals surface area contributed by atoms with Crippen LogP contribution in [0.3, 0.4) is 0 Å². The minimum atomic E-state index is 0.504. The first-order chi connectivity index (χ1) is 11.7. The first-order valence-electron chi connectivity index (χ1n) is 7.70. The van der Waals surface area contributed by atoms with Crippen LogP contribution >= 0.6 is 12.2 Å². The third-order valence-corrected chi connectivity index (χ3v) is 3.63. The number of hydrogen-bond acceptors (Lipinski definition) is 2. The quantitative estimate of drug-likeness (QED) is 0.310. The molecular formula is C19H22N3OS+. The molecule has 4 nitrogen and oxygen atoms in total. The second-order valence-corrected chi connectivity index (χ2v) is 5.57. The Hall–Kier alpha value is -2.66. The van der Waals surface area contributed by atoms with E-state index in [1.807, 2.05) is 42.6 Å². The Bertz CT molecular complexity index is 728. The maximum absolute atomic E-state index is 5.97. The smallest absolute Gasteiger partial charge is 0.224 e. The van der Waals surface area contributed by atoms with Gasteiger partial charge in [0.2, 0.25) is 11.3 Å². The highest BCUT2D eigenvalue weighted by molar-refractivity contribution is 7.80. The van der Waals surface area contributed by atoms with Crippen LogP contribution in [0, 0.1) is 6.92 Å². The van der Waals surface area contributed by atoms with Crippen LogP contribution in [0.4, 0.5) is 0 Å². The van der Waals surface area contributed by atoms with E-state index >= 15 is 0 Å². The molecule has 0 aliphatic heterocycles. The molecule has 0 radical (unpaired) electrons. The summed E-state index contributed by atoms with van der Waals surface area (Å²) in [6, 6.07) is 16.0. The van der Waals surface area contributed by atoms with Gasteiger partial charge in [0.05, 0.1) is 5.56 Å². The Balaban J connectivity index is 1.98. The van der Waals surface area contributed by atoms with E-state index in [9.17, 15) is 0 Å². The fourth-order valence-corrected chi connectivity index (χ4v) is 2.19. The zero-order valence-electron chi connectivity index (χ0n) is 13.7. The van der Waals surface area contributed by atoms with E-state index in [0.29, 0.717) is 18.3 Å².